The average Bonchev–Trinajstić information content (AvgIpc) is 3.22. The van der Waals surface area contributed by atoms with E-state index < -0.39 is 0 Å². The quantitative estimate of drug-likeness (QED) is 0.421. The van der Waals surface area contributed by atoms with Crippen molar-refractivity contribution in [2.45, 2.75) is 20.4 Å². The second-order valence-electron chi connectivity index (χ2n) is 6.88. The molecule has 0 radical (unpaired) electrons. The number of amidine groups is 1. The van der Waals surface area contributed by atoms with Crippen molar-refractivity contribution in [2.24, 2.45) is 4.99 Å². The minimum atomic E-state index is 0.00674. The Morgan fingerprint density at radius 3 is 2.67 bits per heavy atom. The summed E-state index contributed by atoms with van der Waals surface area (Å²) in [5, 5.41) is 3.12. The highest BCUT2D eigenvalue weighted by molar-refractivity contribution is 8.18. The van der Waals surface area contributed by atoms with Crippen LogP contribution >= 0.6 is 35.0 Å². The molecular weight excluding hydrogens is 437 g/mol. The van der Waals surface area contributed by atoms with E-state index in [9.17, 15) is 4.79 Å². The number of rotatable bonds is 5. The van der Waals surface area contributed by atoms with Crippen LogP contribution in [0.25, 0.3) is 17.0 Å². The highest BCUT2D eigenvalue weighted by atomic mass is 35.5. The van der Waals surface area contributed by atoms with Crippen LogP contribution in [0.4, 0.5) is 0 Å². The number of fused-ring (bicyclic) bond motifs is 1. The smallest absolute Gasteiger partial charge is 0.266 e. The molecule has 1 saturated heterocycles. The molecular formula is C23H21Cl2N3OS. The zero-order valence-corrected chi connectivity index (χ0v) is 19.1. The number of aliphatic imine (C=N–C) groups is 1. The molecule has 1 aliphatic heterocycles. The molecule has 0 atom stereocenters. The molecule has 7 heteroatoms. The van der Waals surface area contributed by atoms with E-state index in [0.29, 0.717) is 34.6 Å². The number of aromatic nitrogens is 1. The van der Waals surface area contributed by atoms with Gasteiger partial charge in [0.05, 0.1) is 4.91 Å². The molecule has 4 rings (SSSR count). The van der Waals surface area contributed by atoms with E-state index in [1.165, 1.54) is 11.8 Å². The van der Waals surface area contributed by atoms with Gasteiger partial charge in [-0.05, 0) is 55.4 Å². The Morgan fingerprint density at radius 1 is 1.13 bits per heavy atom. The fourth-order valence-corrected chi connectivity index (χ4v) is 5.10. The number of amides is 1. The van der Waals surface area contributed by atoms with Gasteiger partial charge in [-0.1, -0.05) is 47.5 Å². The third-order valence-corrected chi connectivity index (χ3v) is 6.59. The predicted octanol–water partition coefficient (Wildman–Crippen LogP) is 6.31. The van der Waals surface area contributed by atoms with E-state index in [4.69, 9.17) is 23.2 Å². The van der Waals surface area contributed by atoms with Crippen molar-refractivity contribution in [1.82, 2.24) is 9.47 Å². The summed E-state index contributed by atoms with van der Waals surface area (Å²) in [5.74, 6) is 0.00674. The summed E-state index contributed by atoms with van der Waals surface area (Å²) in [5.41, 5.74) is 3.07. The molecule has 0 aliphatic carbocycles. The summed E-state index contributed by atoms with van der Waals surface area (Å²) >= 11 is 13.9. The second kappa shape index (κ2) is 8.88. The molecule has 0 unspecified atom stereocenters. The van der Waals surface area contributed by atoms with Gasteiger partial charge in [-0.25, -0.2) is 0 Å². The number of benzene rings is 2. The van der Waals surface area contributed by atoms with E-state index in [1.54, 1.807) is 11.0 Å². The molecule has 154 valence electrons. The van der Waals surface area contributed by atoms with E-state index in [2.05, 4.69) is 27.9 Å². The van der Waals surface area contributed by atoms with Gasteiger partial charge in [0.2, 0.25) is 0 Å². The molecule has 3 aromatic rings. The van der Waals surface area contributed by atoms with E-state index in [-0.39, 0.29) is 5.91 Å². The number of hydrogen-bond donors (Lipinski definition) is 0. The van der Waals surface area contributed by atoms with Gasteiger partial charge in [0.15, 0.2) is 5.17 Å². The summed E-state index contributed by atoms with van der Waals surface area (Å²) in [6, 6.07) is 13.7. The Bertz CT molecular complexity index is 1180. The van der Waals surface area contributed by atoms with Crippen molar-refractivity contribution in [1.29, 1.82) is 0 Å². The monoisotopic (exact) mass is 457 g/mol. The number of thioether (sulfide) groups is 1. The molecule has 0 bridgehead atoms. The molecule has 2 aromatic carbocycles. The lowest BCUT2D eigenvalue weighted by molar-refractivity contribution is -0.122. The van der Waals surface area contributed by atoms with Crippen molar-refractivity contribution in [2.75, 3.05) is 13.1 Å². The Kier molecular flexibility index (Phi) is 6.23. The third-order valence-electron chi connectivity index (χ3n) is 4.96. The average molecular weight is 458 g/mol. The maximum atomic E-state index is 12.9. The zero-order valence-electron chi connectivity index (χ0n) is 16.7. The minimum absolute atomic E-state index is 0.00674. The predicted molar refractivity (Wildman–Crippen MR) is 128 cm³/mol. The van der Waals surface area contributed by atoms with Gasteiger partial charge in [0.25, 0.3) is 5.91 Å². The fourth-order valence-electron chi connectivity index (χ4n) is 3.54. The van der Waals surface area contributed by atoms with Crippen LogP contribution in [-0.2, 0) is 11.3 Å². The molecule has 0 N–H and O–H groups in total. The van der Waals surface area contributed by atoms with Crippen LogP contribution < -0.4 is 0 Å². The SMILES string of the molecule is CCN=C1SC(=Cc2cn(Cc3ccc(Cl)cc3Cl)c3ccccc23)C(=O)N1CC. The van der Waals surface area contributed by atoms with Crippen molar-refractivity contribution in [3.8, 4) is 0 Å². The Hall–Kier alpha value is -2.21. The lowest BCUT2D eigenvalue weighted by atomic mass is 10.1. The third kappa shape index (κ3) is 4.02. The van der Waals surface area contributed by atoms with Crippen LogP contribution in [0.15, 0.2) is 58.6 Å². The molecule has 30 heavy (non-hydrogen) atoms. The number of carbonyl (C=O) groups excluding carboxylic acids is 1. The standard InChI is InChI=1S/C23H21Cl2N3OS/c1-3-26-23-28(4-2)22(29)21(30-23)11-16-14-27(20-8-6-5-7-18(16)20)13-15-9-10-17(24)12-19(15)25/h5-12,14H,3-4,13H2,1-2H3. The van der Waals surface area contributed by atoms with Crippen molar-refractivity contribution in [3.05, 3.63) is 74.7 Å². The highest BCUT2D eigenvalue weighted by Crippen LogP contribution is 2.34. The molecule has 1 aliphatic rings. The summed E-state index contributed by atoms with van der Waals surface area (Å²) in [7, 11) is 0. The number of carbonyl (C=O) groups is 1. The molecule has 0 spiro atoms. The zero-order chi connectivity index (χ0) is 21.3. The van der Waals surface area contributed by atoms with Crippen LogP contribution in [0.1, 0.15) is 25.0 Å². The largest absolute Gasteiger partial charge is 0.342 e. The lowest BCUT2D eigenvalue weighted by Crippen LogP contribution is -2.28. The van der Waals surface area contributed by atoms with Crippen LogP contribution in [0.2, 0.25) is 10.0 Å². The van der Waals surface area contributed by atoms with Crippen molar-refractivity contribution in [3.63, 3.8) is 0 Å². The van der Waals surface area contributed by atoms with Gasteiger partial charge in [0.1, 0.15) is 0 Å². The molecule has 1 aromatic heterocycles. The van der Waals surface area contributed by atoms with E-state index in [1.807, 2.05) is 44.2 Å². The maximum absolute atomic E-state index is 12.9. The molecule has 2 heterocycles. The topological polar surface area (TPSA) is 37.6 Å². The van der Waals surface area contributed by atoms with Gasteiger partial charge in [-0.2, -0.15) is 0 Å². The Balaban J connectivity index is 1.75. The first-order chi connectivity index (χ1) is 14.5. The molecule has 4 nitrogen and oxygen atoms in total. The number of halogens is 2. The number of likely N-dealkylation sites (N-methyl/N-ethyl adjacent to an activating group) is 1. The summed E-state index contributed by atoms with van der Waals surface area (Å²) in [6.07, 6.45) is 4.04. The molecule has 0 saturated carbocycles. The van der Waals surface area contributed by atoms with Crippen LogP contribution in [0, 0.1) is 0 Å². The van der Waals surface area contributed by atoms with Crippen molar-refractivity contribution >= 4 is 63.0 Å². The normalized spacial score (nSPS) is 17.1. The Morgan fingerprint density at radius 2 is 1.93 bits per heavy atom. The van der Waals surface area contributed by atoms with Crippen LogP contribution in [-0.4, -0.2) is 33.6 Å². The number of hydrogen-bond acceptors (Lipinski definition) is 3. The highest BCUT2D eigenvalue weighted by Gasteiger charge is 2.32. The minimum Gasteiger partial charge on any atom is -0.342 e. The van der Waals surface area contributed by atoms with Crippen LogP contribution in [0.3, 0.4) is 0 Å². The number of nitrogens with zero attached hydrogens (tertiary/aromatic N) is 3. The second-order valence-corrected chi connectivity index (χ2v) is 8.73. The lowest BCUT2D eigenvalue weighted by Gasteiger charge is -2.11. The maximum Gasteiger partial charge on any atom is 0.266 e. The van der Waals surface area contributed by atoms with Gasteiger partial charge < -0.3 is 4.57 Å². The first kappa shape index (κ1) is 21.0. The number of para-hydroxylation sites is 1. The summed E-state index contributed by atoms with van der Waals surface area (Å²) in [6.45, 7) is 5.82. The van der Waals surface area contributed by atoms with E-state index in [0.717, 1.165) is 27.2 Å². The first-order valence-corrected chi connectivity index (χ1v) is 11.4. The molecule has 1 fully saturated rings. The van der Waals surface area contributed by atoms with Gasteiger partial charge in [-0.15, -0.1) is 0 Å². The first-order valence-electron chi connectivity index (χ1n) is 9.79. The van der Waals surface area contributed by atoms with Gasteiger partial charge >= 0.3 is 0 Å². The van der Waals surface area contributed by atoms with Crippen molar-refractivity contribution < 1.29 is 4.79 Å². The van der Waals surface area contributed by atoms with Gasteiger partial charge in [-0.3, -0.25) is 14.7 Å². The van der Waals surface area contributed by atoms with E-state index >= 15 is 0 Å². The fraction of sp³-hybridized carbons (Fsp3) is 0.217. The summed E-state index contributed by atoms with van der Waals surface area (Å²) in [4.78, 5) is 19.7. The molecule has 1 amide bonds. The van der Waals surface area contributed by atoms with Gasteiger partial charge in [0, 0.05) is 52.3 Å². The summed E-state index contributed by atoms with van der Waals surface area (Å²) < 4.78 is 2.15. The Labute approximate surface area is 190 Å². The van der Waals surface area contributed by atoms with Crippen LogP contribution in [0.5, 0.6) is 0 Å².